The van der Waals surface area contributed by atoms with Gasteiger partial charge in [-0.05, 0) is 32.0 Å². The molecule has 1 aromatic rings. The Bertz CT molecular complexity index is 705. The van der Waals surface area contributed by atoms with Crippen molar-refractivity contribution in [2.24, 2.45) is 5.10 Å². The SMILES string of the molecule is CCN1CCN(CC)C1=NNC(=O)Nc1cc(C(=O)N(C)C)ccc1OC. The lowest BCUT2D eigenvalue weighted by Crippen LogP contribution is -2.37. The lowest BCUT2D eigenvalue weighted by Gasteiger charge is -2.20. The molecule has 0 aliphatic carbocycles. The summed E-state index contributed by atoms with van der Waals surface area (Å²) in [6.45, 7) is 7.51. The number of anilines is 1. The second-order valence-corrected chi connectivity index (χ2v) is 6.25. The molecule has 3 amide bonds. The zero-order chi connectivity index (χ0) is 20.0. The lowest BCUT2D eigenvalue weighted by molar-refractivity contribution is 0.0827. The number of likely N-dealkylation sites (N-methyl/N-ethyl adjacent to an activating group) is 2. The molecule has 1 fully saturated rings. The summed E-state index contributed by atoms with van der Waals surface area (Å²) in [7, 11) is 4.84. The standard InChI is InChI=1S/C18H28N6O3/c1-6-23-10-11-24(7-2)18(23)21-20-17(26)19-14-12-13(16(25)22(3)4)8-9-15(14)27-5/h8-9,12H,6-7,10-11H2,1-5H3,(H2,19,20,26). The predicted octanol–water partition coefficient (Wildman–Crippen LogP) is 1.45. The highest BCUT2D eigenvalue weighted by molar-refractivity contribution is 5.98. The van der Waals surface area contributed by atoms with Crippen molar-refractivity contribution >= 4 is 23.6 Å². The van der Waals surface area contributed by atoms with Gasteiger partial charge in [0.15, 0.2) is 0 Å². The monoisotopic (exact) mass is 376 g/mol. The Balaban J connectivity index is 2.13. The van der Waals surface area contributed by atoms with Crippen LogP contribution in [-0.2, 0) is 0 Å². The van der Waals surface area contributed by atoms with E-state index in [0.717, 1.165) is 32.1 Å². The van der Waals surface area contributed by atoms with Gasteiger partial charge in [-0.3, -0.25) is 4.79 Å². The van der Waals surface area contributed by atoms with Crippen LogP contribution in [0, 0.1) is 0 Å². The molecule has 0 atom stereocenters. The Hall–Kier alpha value is -2.97. The molecule has 0 radical (unpaired) electrons. The first-order valence-electron chi connectivity index (χ1n) is 8.95. The van der Waals surface area contributed by atoms with Crippen molar-refractivity contribution in [3.63, 3.8) is 0 Å². The Morgan fingerprint density at radius 3 is 2.33 bits per heavy atom. The van der Waals surface area contributed by atoms with Gasteiger partial charge in [-0.15, -0.1) is 5.10 Å². The maximum absolute atomic E-state index is 12.3. The van der Waals surface area contributed by atoms with Crippen LogP contribution in [0.5, 0.6) is 5.75 Å². The summed E-state index contributed by atoms with van der Waals surface area (Å²) >= 11 is 0. The molecule has 1 heterocycles. The van der Waals surface area contributed by atoms with Crippen LogP contribution in [0.15, 0.2) is 23.3 Å². The first-order chi connectivity index (χ1) is 12.9. The van der Waals surface area contributed by atoms with Crippen LogP contribution in [0.25, 0.3) is 0 Å². The Kier molecular flexibility index (Phi) is 6.86. The maximum Gasteiger partial charge on any atom is 0.339 e. The number of carbonyl (C=O) groups is 2. The lowest BCUT2D eigenvalue weighted by atomic mass is 10.1. The minimum atomic E-state index is -0.505. The van der Waals surface area contributed by atoms with Gasteiger partial charge in [0, 0.05) is 45.8 Å². The number of rotatable bonds is 6. The maximum atomic E-state index is 12.3. The number of ether oxygens (including phenoxy) is 1. The van der Waals surface area contributed by atoms with E-state index < -0.39 is 6.03 Å². The molecule has 0 aromatic heterocycles. The van der Waals surface area contributed by atoms with Gasteiger partial charge >= 0.3 is 6.03 Å². The topological polar surface area (TPSA) is 89.5 Å². The number of amides is 3. The van der Waals surface area contributed by atoms with Crippen LogP contribution in [-0.4, -0.2) is 80.0 Å². The molecule has 0 unspecified atom stereocenters. The van der Waals surface area contributed by atoms with E-state index in [9.17, 15) is 9.59 Å². The normalized spacial score (nSPS) is 13.4. The number of benzene rings is 1. The summed E-state index contributed by atoms with van der Waals surface area (Å²) in [6.07, 6.45) is 0. The van der Waals surface area contributed by atoms with E-state index in [4.69, 9.17) is 4.74 Å². The first kappa shape index (κ1) is 20.3. The molecular formula is C18H28N6O3. The van der Waals surface area contributed by atoms with Gasteiger partial charge in [0.2, 0.25) is 5.96 Å². The molecule has 2 rings (SSSR count). The number of carbonyl (C=O) groups excluding carboxylic acids is 2. The Morgan fingerprint density at radius 2 is 1.81 bits per heavy atom. The van der Waals surface area contributed by atoms with E-state index in [0.29, 0.717) is 17.0 Å². The highest BCUT2D eigenvalue weighted by Crippen LogP contribution is 2.26. The fourth-order valence-electron chi connectivity index (χ4n) is 2.83. The molecule has 0 bridgehead atoms. The van der Waals surface area contributed by atoms with Crippen LogP contribution in [0.4, 0.5) is 10.5 Å². The molecule has 0 saturated carbocycles. The third kappa shape index (κ3) is 4.81. The van der Waals surface area contributed by atoms with Gasteiger partial charge in [0.25, 0.3) is 5.91 Å². The third-order valence-corrected chi connectivity index (χ3v) is 4.33. The summed E-state index contributed by atoms with van der Waals surface area (Å²) in [5.41, 5.74) is 3.38. The van der Waals surface area contributed by atoms with Crippen LogP contribution in [0.3, 0.4) is 0 Å². The van der Waals surface area contributed by atoms with E-state index in [2.05, 4.69) is 25.6 Å². The van der Waals surface area contributed by atoms with E-state index in [1.165, 1.54) is 12.0 Å². The molecule has 148 valence electrons. The van der Waals surface area contributed by atoms with Crippen molar-refractivity contribution in [3.8, 4) is 5.75 Å². The summed E-state index contributed by atoms with van der Waals surface area (Å²) in [6, 6.07) is 4.38. The van der Waals surface area contributed by atoms with Gasteiger partial charge in [-0.25, -0.2) is 10.2 Å². The second-order valence-electron chi connectivity index (χ2n) is 6.25. The van der Waals surface area contributed by atoms with E-state index in [1.807, 2.05) is 13.8 Å². The zero-order valence-corrected chi connectivity index (χ0v) is 16.6. The second kappa shape index (κ2) is 9.11. The van der Waals surface area contributed by atoms with Crippen molar-refractivity contribution in [3.05, 3.63) is 23.8 Å². The summed E-state index contributed by atoms with van der Waals surface area (Å²) < 4.78 is 5.27. The van der Waals surface area contributed by atoms with Gasteiger partial charge in [-0.2, -0.15) is 0 Å². The molecule has 2 N–H and O–H groups in total. The average molecular weight is 376 g/mol. The number of nitrogens with zero attached hydrogens (tertiary/aromatic N) is 4. The number of hydrogen-bond donors (Lipinski definition) is 2. The highest BCUT2D eigenvalue weighted by atomic mass is 16.5. The van der Waals surface area contributed by atoms with Crippen molar-refractivity contribution in [1.82, 2.24) is 20.1 Å². The molecule has 1 aromatic carbocycles. The van der Waals surface area contributed by atoms with Crippen molar-refractivity contribution in [2.75, 3.05) is 52.7 Å². The number of urea groups is 1. The smallest absolute Gasteiger partial charge is 0.339 e. The molecule has 9 nitrogen and oxygen atoms in total. The van der Waals surface area contributed by atoms with Gasteiger partial charge in [0.05, 0.1) is 12.8 Å². The van der Waals surface area contributed by atoms with Crippen LogP contribution < -0.4 is 15.5 Å². The number of methoxy groups -OCH3 is 1. The van der Waals surface area contributed by atoms with Crippen LogP contribution in [0.1, 0.15) is 24.2 Å². The molecule has 1 saturated heterocycles. The third-order valence-electron chi connectivity index (χ3n) is 4.33. The summed E-state index contributed by atoms with van der Waals surface area (Å²) in [5, 5.41) is 6.95. The van der Waals surface area contributed by atoms with Gasteiger partial charge < -0.3 is 24.8 Å². The first-order valence-corrected chi connectivity index (χ1v) is 8.95. The van der Waals surface area contributed by atoms with E-state index >= 15 is 0 Å². The molecule has 1 aliphatic heterocycles. The highest BCUT2D eigenvalue weighted by Gasteiger charge is 2.24. The molecule has 27 heavy (non-hydrogen) atoms. The molecule has 1 aliphatic rings. The van der Waals surface area contributed by atoms with Crippen molar-refractivity contribution in [2.45, 2.75) is 13.8 Å². The average Bonchev–Trinajstić information content (AvgIpc) is 3.07. The Morgan fingerprint density at radius 1 is 1.19 bits per heavy atom. The number of hydrazone groups is 1. The van der Waals surface area contributed by atoms with Gasteiger partial charge in [-0.1, -0.05) is 0 Å². The van der Waals surface area contributed by atoms with Crippen LogP contribution in [0.2, 0.25) is 0 Å². The number of nitrogens with one attached hydrogen (secondary N) is 2. The minimum Gasteiger partial charge on any atom is -0.495 e. The van der Waals surface area contributed by atoms with Crippen molar-refractivity contribution in [1.29, 1.82) is 0 Å². The van der Waals surface area contributed by atoms with Crippen molar-refractivity contribution < 1.29 is 14.3 Å². The fourth-order valence-corrected chi connectivity index (χ4v) is 2.83. The zero-order valence-electron chi connectivity index (χ0n) is 16.6. The quantitative estimate of drug-likeness (QED) is 0.734. The number of hydrogen-bond acceptors (Lipinski definition) is 4. The molecule has 0 spiro atoms. The summed E-state index contributed by atoms with van der Waals surface area (Å²) in [4.78, 5) is 30.1. The molecular weight excluding hydrogens is 348 g/mol. The van der Waals surface area contributed by atoms with E-state index in [-0.39, 0.29) is 5.91 Å². The van der Waals surface area contributed by atoms with E-state index in [1.54, 1.807) is 32.3 Å². The number of guanidine groups is 1. The van der Waals surface area contributed by atoms with Crippen LogP contribution >= 0.6 is 0 Å². The molecule has 9 heteroatoms. The predicted molar refractivity (Wildman–Crippen MR) is 105 cm³/mol. The Labute approximate surface area is 159 Å². The largest absolute Gasteiger partial charge is 0.495 e. The fraction of sp³-hybridized carbons (Fsp3) is 0.500. The summed E-state index contributed by atoms with van der Waals surface area (Å²) in [5.74, 6) is 1.04. The minimum absolute atomic E-state index is 0.163. The van der Waals surface area contributed by atoms with Gasteiger partial charge in [0.1, 0.15) is 5.75 Å².